The van der Waals surface area contributed by atoms with E-state index in [0.717, 1.165) is 11.6 Å². The predicted molar refractivity (Wildman–Crippen MR) is 108 cm³/mol. The number of rotatable bonds is 5. The summed E-state index contributed by atoms with van der Waals surface area (Å²) >= 11 is 0. The van der Waals surface area contributed by atoms with Crippen molar-refractivity contribution in [1.82, 2.24) is 0 Å². The van der Waals surface area contributed by atoms with E-state index in [-0.39, 0.29) is 35.0 Å². The number of hydrogen-bond acceptors (Lipinski definition) is 10. The SMILES string of the molecule is COc1ccc(C2CC(=O)c3c(cc(O)cc3O[C@@H]3O[C@H](CO)[C@@H](O)[C@@H](O)[C@H]3O)O2)cc1. The first kappa shape index (κ1) is 22.3. The Kier molecular flexibility index (Phi) is 6.22. The van der Waals surface area contributed by atoms with Crippen LogP contribution < -0.4 is 14.2 Å². The van der Waals surface area contributed by atoms with Crippen LogP contribution in [0.15, 0.2) is 36.4 Å². The smallest absolute Gasteiger partial charge is 0.229 e. The number of aliphatic hydroxyl groups is 4. The van der Waals surface area contributed by atoms with Crippen molar-refractivity contribution >= 4 is 5.78 Å². The summed E-state index contributed by atoms with van der Waals surface area (Å²) in [5.74, 6) is 0.0338. The van der Waals surface area contributed by atoms with Gasteiger partial charge in [0, 0.05) is 12.1 Å². The molecule has 0 saturated carbocycles. The van der Waals surface area contributed by atoms with Crippen LogP contribution in [0.5, 0.6) is 23.0 Å². The van der Waals surface area contributed by atoms with E-state index in [9.17, 15) is 30.3 Å². The topological polar surface area (TPSA) is 155 Å². The van der Waals surface area contributed by atoms with E-state index in [1.54, 1.807) is 31.4 Å². The molecular formula is C22H24O10. The lowest BCUT2D eigenvalue weighted by molar-refractivity contribution is -0.277. The van der Waals surface area contributed by atoms with Gasteiger partial charge in [-0.2, -0.15) is 0 Å². The summed E-state index contributed by atoms with van der Waals surface area (Å²) in [5.41, 5.74) is 0.786. The third-order valence-corrected chi connectivity index (χ3v) is 5.55. The molecule has 2 aliphatic rings. The molecule has 4 rings (SSSR count). The summed E-state index contributed by atoms with van der Waals surface area (Å²) in [6.07, 6.45) is -8.16. The van der Waals surface area contributed by atoms with Crippen LogP contribution in [0.1, 0.15) is 28.4 Å². The first-order valence-corrected chi connectivity index (χ1v) is 10.0. The Labute approximate surface area is 183 Å². The number of carbonyl (C=O) groups is 1. The Morgan fingerprint density at radius 3 is 2.44 bits per heavy atom. The Morgan fingerprint density at radius 2 is 1.78 bits per heavy atom. The van der Waals surface area contributed by atoms with E-state index in [2.05, 4.69) is 0 Å². The molecule has 2 aromatic rings. The fourth-order valence-electron chi connectivity index (χ4n) is 3.80. The number of ketones is 1. The van der Waals surface area contributed by atoms with Gasteiger partial charge in [-0.3, -0.25) is 4.79 Å². The van der Waals surface area contributed by atoms with Gasteiger partial charge in [-0.25, -0.2) is 0 Å². The van der Waals surface area contributed by atoms with Gasteiger partial charge in [-0.15, -0.1) is 0 Å². The molecule has 1 saturated heterocycles. The number of carbonyl (C=O) groups excluding carboxylic acids is 1. The fraction of sp³-hybridized carbons (Fsp3) is 0.409. The van der Waals surface area contributed by atoms with Gasteiger partial charge < -0.3 is 44.5 Å². The zero-order valence-corrected chi connectivity index (χ0v) is 17.1. The minimum Gasteiger partial charge on any atom is -0.508 e. The lowest BCUT2D eigenvalue weighted by Crippen LogP contribution is -2.60. The molecule has 0 aliphatic carbocycles. The number of methoxy groups -OCH3 is 1. The van der Waals surface area contributed by atoms with Gasteiger partial charge in [-0.05, 0) is 17.7 Å². The van der Waals surface area contributed by atoms with Crippen molar-refractivity contribution in [3.63, 3.8) is 0 Å². The zero-order chi connectivity index (χ0) is 23.0. The van der Waals surface area contributed by atoms with Gasteiger partial charge in [0.1, 0.15) is 59.1 Å². The van der Waals surface area contributed by atoms with Crippen molar-refractivity contribution in [2.45, 2.75) is 43.2 Å². The zero-order valence-electron chi connectivity index (χ0n) is 17.1. The van der Waals surface area contributed by atoms with Crippen molar-refractivity contribution in [2.24, 2.45) is 0 Å². The number of phenols is 1. The highest BCUT2D eigenvalue weighted by atomic mass is 16.7. The van der Waals surface area contributed by atoms with Crippen LogP contribution >= 0.6 is 0 Å². The van der Waals surface area contributed by atoms with Gasteiger partial charge in [0.15, 0.2) is 5.78 Å². The molecule has 2 aromatic carbocycles. The minimum absolute atomic E-state index is 0.00482. The van der Waals surface area contributed by atoms with Crippen molar-refractivity contribution in [3.8, 4) is 23.0 Å². The molecule has 1 unspecified atom stereocenters. The molecule has 2 heterocycles. The Morgan fingerprint density at radius 1 is 1.06 bits per heavy atom. The molecule has 0 amide bonds. The van der Waals surface area contributed by atoms with E-state index in [0.29, 0.717) is 5.75 Å². The quantitative estimate of drug-likeness (QED) is 0.431. The second-order valence-corrected chi connectivity index (χ2v) is 7.64. The Balaban J connectivity index is 1.61. The lowest BCUT2D eigenvalue weighted by atomic mass is 9.95. The van der Waals surface area contributed by atoms with Crippen molar-refractivity contribution in [1.29, 1.82) is 0 Å². The molecule has 32 heavy (non-hydrogen) atoms. The normalized spacial score (nSPS) is 29.7. The molecule has 0 bridgehead atoms. The van der Waals surface area contributed by atoms with Crippen LogP contribution in [0.4, 0.5) is 0 Å². The predicted octanol–water partition coefficient (Wildman–Crippen LogP) is 0.286. The lowest BCUT2D eigenvalue weighted by Gasteiger charge is -2.40. The molecule has 2 aliphatic heterocycles. The van der Waals surface area contributed by atoms with Crippen LogP contribution in [0.25, 0.3) is 0 Å². The first-order chi connectivity index (χ1) is 15.3. The number of fused-ring (bicyclic) bond motifs is 1. The summed E-state index contributed by atoms with van der Waals surface area (Å²) in [4.78, 5) is 13.0. The summed E-state index contributed by atoms with van der Waals surface area (Å²) in [6.45, 7) is -0.630. The first-order valence-electron chi connectivity index (χ1n) is 10.0. The van der Waals surface area contributed by atoms with Gasteiger partial charge in [0.2, 0.25) is 6.29 Å². The number of Topliss-reactive ketones (excluding diaryl/α,β-unsaturated/α-hetero) is 1. The largest absolute Gasteiger partial charge is 0.508 e. The van der Waals surface area contributed by atoms with Crippen molar-refractivity contribution < 1.29 is 49.3 Å². The number of aliphatic hydroxyl groups excluding tert-OH is 4. The number of benzene rings is 2. The van der Waals surface area contributed by atoms with Crippen molar-refractivity contribution in [3.05, 3.63) is 47.5 Å². The molecule has 1 fully saturated rings. The molecule has 0 aromatic heterocycles. The summed E-state index contributed by atoms with van der Waals surface area (Å²) in [7, 11) is 1.55. The van der Waals surface area contributed by atoms with Gasteiger partial charge in [0.05, 0.1) is 20.1 Å². The Bertz CT molecular complexity index is 973. The number of hydrogen-bond donors (Lipinski definition) is 5. The third-order valence-electron chi connectivity index (χ3n) is 5.55. The molecule has 0 spiro atoms. The maximum absolute atomic E-state index is 13.0. The number of phenolic OH excluding ortho intramolecular Hbond substituents is 1. The van der Waals surface area contributed by atoms with Crippen LogP contribution in [0, 0.1) is 0 Å². The second-order valence-electron chi connectivity index (χ2n) is 7.64. The molecule has 0 radical (unpaired) electrons. The molecule has 10 heteroatoms. The highest BCUT2D eigenvalue weighted by molar-refractivity contribution is 6.02. The van der Waals surface area contributed by atoms with Gasteiger partial charge >= 0.3 is 0 Å². The maximum Gasteiger partial charge on any atom is 0.229 e. The van der Waals surface area contributed by atoms with Crippen LogP contribution in [-0.2, 0) is 4.74 Å². The van der Waals surface area contributed by atoms with E-state index < -0.39 is 43.4 Å². The highest BCUT2D eigenvalue weighted by Gasteiger charge is 2.45. The van der Waals surface area contributed by atoms with Crippen LogP contribution in [-0.4, -0.2) is 75.7 Å². The molecule has 172 valence electrons. The van der Waals surface area contributed by atoms with E-state index in [1.807, 2.05) is 0 Å². The van der Waals surface area contributed by atoms with Crippen LogP contribution in [0.2, 0.25) is 0 Å². The van der Waals surface area contributed by atoms with Crippen LogP contribution in [0.3, 0.4) is 0 Å². The standard InChI is InChI=1S/C22H24O10/c1-29-12-4-2-10(3-5-12)14-8-13(25)18-15(30-14)6-11(24)7-16(18)31-22-21(28)20(27)19(26)17(9-23)32-22/h2-7,14,17,19-24,26-28H,8-9H2,1H3/t14?,17-,19-,20-,21-,22-/m1/s1. The third kappa shape index (κ3) is 4.10. The average Bonchev–Trinajstić information content (AvgIpc) is 2.78. The summed E-state index contributed by atoms with van der Waals surface area (Å²) in [5, 5.41) is 49.6. The molecule has 5 N–H and O–H groups in total. The monoisotopic (exact) mass is 448 g/mol. The van der Waals surface area contributed by atoms with E-state index in [1.165, 1.54) is 6.07 Å². The Hall–Kier alpha value is -2.89. The summed E-state index contributed by atoms with van der Waals surface area (Å²) < 4.78 is 22.0. The molecule has 10 nitrogen and oxygen atoms in total. The van der Waals surface area contributed by atoms with Crippen molar-refractivity contribution in [2.75, 3.05) is 13.7 Å². The van der Waals surface area contributed by atoms with E-state index >= 15 is 0 Å². The van der Waals surface area contributed by atoms with Gasteiger partial charge in [-0.1, -0.05) is 12.1 Å². The fourth-order valence-corrected chi connectivity index (χ4v) is 3.80. The minimum atomic E-state index is -1.67. The molecular weight excluding hydrogens is 424 g/mol. The summed E-state index contributed by atoms with van der Waals surface area (Å²) in [6, 6.07) is 9.48. The molecule has 6 atom stereocenters. The number of ether oxygens (including phenoxy) is 4. The maximum atomic E-state index is 13.0. The van der Waals surface area contributed by atoms with Gasteiger partial charge in [0.25, 0.3) is 0 Å². The van der Waals surface area contributed by atoms with E-state index in [4.69, 9.17) is 18.9 Å². The average molecular weight is 448 g/mol. The second kappa shape index (κ2) is 8.93. The highest BCUT2D eigenvalue weighted by Crippen LogP contribution is 2.43. The number of aromatic hydroxyl groups is 1.